The van der Waals surface area contributed by atoms with E-state index in [1.165, 1.54) is 11.3 Å². The summed E-state index contributed by atoms with van der Waals surface area (Å²) in [6, 6.07) is 21.0. The summed E-state index contributed by atoms with van der Waals surface area (Å²) in [4.78, 5) is 12.7. The van der Waals surface area contributed by atoms with Gasteiger partial charge in [-0.05, 0) is 41.5 Å². The fourth-order valence-corrected chi connectivity index (χ4v) is 4.20. The average Bonchev–Trinajstić information content (AvgIpc) is 2.82. The van der Waals surface area contributed by atoms with Crippen molar-refractivity contribution in [3.05, 3.63) is 77.7 Å². The van der Waals surface area contributed by atoms with Crippen LogP contribution in [-0.2, 0) is 17.7 Å². The average molecular weight is 432 g/mol. The van der Waals surface area contributed by atoms with Crippen LogP contribution in [0, 0.1) is 11.3 Å². The topological polar surface area (TPSA) is 74.1 Å². The van der Waals surface area contributed by atoms with E-state index in [1.54, 1.807) is 11.8 Å². The number of nitrogens with zero attached hydrogens (tertiary/aromatic N) is 4. The summed E-state index contributed by atoms with van der Waals surface area (Å²) in [5, 5.41) is 12.6. The second-order valence-electron chi connectivity index (χ2n) is 7.26. The van der Waals surface area contributed by atoms with Gasteiger partial charge < -0.3 is 15.0 Å². The third-order valence-corrected chi connectivity index (χ3v) is 5.98. The molecule has 1 aliphatic heterocycles. The molecule has 0 spiro atoms. The van der Waals surface area contributed by atoms with Crippen molar-refractivity contribution in [3.63, 3.8) is 0 Å². The summed E-state index contributed by atoms with van der Waals surface area (Å²) < 4.78 is 5.43. The van der Waals surface area contributed by atoms with Crippen LogP contribution in [0.25, 0.3) is 0 Å². The molecule has 0 radical (unpaired) electrons. The predicted octanol–water partition coefficient (Wildman–Crippen LogP) is 3.67. The SMILES string of the molecule is N#CCNCc1ccc(Sc2ccnc(Cc3ccc(N4CCOCC4)cc3)n2)cc1. The van der Waals surface area contributed by atoms with E-state index in [2.05, 4.69) is 69.8 Å². The molecule has 1 N–H and O–H groups in total. The van der Waals surface area contributed by atoms with Crippen LogP contribution in [0.1, 0.15) is 17.0 Å². The van der Waals surface area contributed by atoms with Gasteiger partial charge >= 0.3 is 0 Å². The molecule has 7 heteroatoms. The third-order valence-electron chi connectivity index (χ3n) is 5.03. The van der Waals surface area contributed by atoms with E-state index < -0.39 is 0 Å². The molecule has 158 valence electrons. The van der Waals surface area contributed by atoms with Crippen molar-refractivity contribution in [1.82, 2.24) is 15.3 Å². The van der Waals surface area contributed by atoms with Crippen molar-refractivity contribution < 1.29 is 4.74 Å². The Kier molecular flexibility index (Phi) is 7.51. The van der Waals surface area contributed by atoms with Crippen molar-refractivity contribution in [2.45, 2.75) is 22.9 Å². The minimum atomic E-state index is 0.357. The number of ether oxygens (including phenoxy) is 1. The van der Waals surface area contributed by atoms with Crippen molar-refractivity contribution in [2.24, 2.45) is 0 Å². The Hall–Kier alpha value is -2.92. The fourth-order valence-electron chi connectivity index (χ4n) is 3.41. The maximum Gasteiger partial charge on any atom is 0.133 e. The minimum absolute atomic E-state index is 0.357. The van der Waals surface area contributed by atoms with E-state index in [1.807, 2.05) is 12.3 Å². The second-order valence-corrected chi connectivity index (χ2v) is 8.36. The summed E-state index contributed by atoms with van der Waals surface area (Å²) >= 11 is 1.63. The van der Waals surface area contributed by atoms with Gasteiger partial charge in [0.05, 0.1) is 25.8 Å². The zero-order valence-corrected chi connectivity index (χ0v) is 18.1. The second kappa shape index (κ2) is 10.9. The minimum Gasteiger partial charge on any atom is -0.378 e. The molecule has 2 heterocycles. The van der Waals surface area contributed by atoms with Gasteiger partial charge in [-0.1, -0.05) is 36.0 Å². The number of benzene rings is 2. The molecule has 1 fully saturated rings. The number of aromatic nitrogens is 2. The van der Waals surface area contributed by atoms with Crippen molar-refractivity contribution in [3.8, 4) is 6.07 Å². The zero-order chi connectivity index (χ0) is 21.3. The van der Waals surface area contributed by atoms with Gasteiger partial charge in [0.25, 0.3) is 0 Å². The Balaban J connectivity index is 1.35. The molecule has 0 saturated carbocycles. The number of hydrogen-bond acceptors (Lipinski definition) is 7. The molecule has 4 rings (SSSR count). The van der Waals surface area contributed by atoms with Gasteiger partial charge in [0.1, 0.15) is 10.9 Å². The summed E-state index contributed by atoms with van der Waals surface area (Å²) in [6.45, 7) is 4.52. The first kappa shape index (κ1) is 21.3. The number of anilines is 1. The molecule has 0 aliphatic carbocycles. The number of morpholine rings is 1. The van der Waals surface area contributed by atoms with Gasteiger partial charge in [-0.25, -0.2) is 9.97 Å². The van der Waals surface area contributed by atoms with Crippen LogP contribution >= 0.6 is 11.8 Å². The van der Waals surface area contributed by atoms with E-state index in [-0.39, 0.29) is 0 Å². The summed E-state index contributed by atoms with van der Waals surface area (Å²) in [7, 11) is 0. The van der Waals surface area contributed by atoms with Crippen LogP contribution in [0.15, 0.2) is 70.7 Å². The molecule has 0 bridgehead atoms. The molecule has 0 unspecified atom stereocenters. The highest BCUT2D eigenvalue weighted by molar-refractivity contribution is 7.99. The first-order chi connectivity index (χ1) is 15.3. The van der Waals surface area contributed by atoms with E-state index in [0.29, 0.717) is 19.5 Å². The molecule has 3 aromatic rings. The van der Waals surface area contributed by atoms with Crippen molar-refractivity contribution >= 4 is 17.4 Å². The number of nitrogens with one attached hydrogen (secondary N) is 1. The molecule has 0 atom stereocenters. The Bertz CT molecular complexity index is 1010. The molecule has 6 nitrogen and oxygen atoms in total. The summed E-state index contributed by atoms with van der Waals surface area (Å²) in [6.07, 6.45) is 2.54. The predicted molar refractivity (Wildman–Crippen MR) is 122 cm³/mol. The molecular weight excluding hydrogens is 406 g/mol. The standard InChI is InChI=1S/C24H25N5OS/c25-10-12-26-18-20-3-7-22(8-4-20)31-24-9-11-27-23(28-24)17-19-1-5-21(6-2-19)29-13-15-30-16-14-29/h1-9,11,26H,12-18H2. The van der Waals surface area contributed by atoms with Gasteiger partial charge in [-0.2, -0.15) is 5.26 Å². The molecule has 1 aliphatic rings. The maximum absolute atomic E-state index is 8.60. The number of hydrogen-bond donors (Lipinski definition) is 1. The van der Waals surface area contributed by atoms with E-state index in [4.69, 9.17) is 15.0 Å². The normalized spacial score (nSPS) is 13.7. The van der Waals surface area contributed by atoms with E-state index in [0.717, 1.165) is 47.6 Å². The first-order valence-electron chi connectivity index (χ1n) is 10.4. The lowest BCUT2D eigenvalue weighted by Gasteiger charge is -2.28. The van der Waals surface area contributed by atoms with Crippen LogP contribution in [0.4, 0.5) is 5.69 Å². The van der Waals surface area contributed by atoms with Crippen LogP contribution in [0.2, 0.25) is 0 Å². The fraction of sp³-hybridized carbons (Fsp3) is 0.292. The Morgan fingerprint density at radius 2 is 1.74 bits per heavy atom. The third kappa shape index (κ3) is 6.28. The lowest BCUT2D eigenvalue weighted by molar-refractivity contribution is 0.122. The van der Waals surface area contributed by atoms with Crippen LogP contribution < -0.4 is 10.2 Å². The highest BCUT2D eigenvalue weighted by Gasteiger charge is 2.11. The van der Waals surface area contributed by atoms with Crippen molar-refractivity contribution in [2.75, 3.05) is 37.7 Å². The van der Waals surface area contributed by atoms with E-state index in [9.17, 15) is 0 Å². The first-order valence-corrected chi connectivity index (χ1v) is 11.2. The Morgan fingerprint density at radius 1 is 1.00 bits per heavy atom. The highest BCUT2D eigenvalue weighted by Crippen LogP contribution is 2.26. The molecule has 1 saturated heterocycles. The van der Waals surface area contributed by atoms with Crippen LogP contribution in [0.5, 0.6) is 0 Å². The molecule has 0 amide bonds. The summed E-state index contributed by atoms with van der Waals surface area (Å²) in [5.41, 5.74) is 3.60. The molecule has 2 aromatic carbocycles. The van der Waals surface area contributed by atoms with Gasteiger partial charge in [0, 0.05) is 42.8 Å². The number of rotatable bonds is 8. The smallest absolute Gasteiger partial charge is 0.133 e. The van der Waals surface area contributed by atoms with Crippen molar-refractivity contribution in [1.29, 1.82) is 5.26 Å². The lowest BCUT2D eigenvalue weighted by Crippen LogP contribution is -2.36. The van der Waals surface area contributed by atoms with Gasteiger partial charge in [-0.15, -0.1) is 0 Å². The van der Waals surface area contributed by atoms with Crippen LogP contribution in [0.3, 0.4) is 0 Å². The van der Waals surface area contributed by atoms with Gasteiger partial charge in [0.15, 0.2) is 0 Å². The Morgan fingerprint density at radius 3 is 2.48 bits per heavy atom. The molecule has 1 aromatic heterocycles. The monoisotopic (exact) mass is 431 g/mol. The zero-order valence-electron chi connectivity index (χ0n) is 17.3. The number of nitriles is 1. The molecular formula is C24H25N5OS. The highest BCUT2D eigenvalue weighted by atomic mass is 32.2. The summed E-state index contributed by atoms with van der Waals surface area (Å²) in [5.74, 6) is 0.821. The Labute approximate surface area is 187 Å². The van der Waals surface area contributed by atoms with Crippen LogP contribution in [-0.4, -0.2) is 42.8 Å². The largest absolute Gasteiger partial charge is 0.378 e. The van der Waals surface area contributed by atoms with Gasteiger partial charge in [-0.3, -0.25) is 0 Å². The maximum atomic E-state index is 8.60. The van der Waals surface area contributed by atoms with E-state index >= 15 is 0 Å². The van der Waals surface area contributed by atoms with Gasteiger partial charge in [0.2, 0.25) is 0 Å². The molecule has 31 heavy (non-hydrogen) atoms. The quantitative estimate of drug-likeness (QED) is 0.331. The lowest BCUT2D eigenvalue weighted by atomic mass is 10.1.